The molecule has 6 nitrogen and oxygen atoms in total. The Morgan fingerprint density at radius 1 is 0.938 bits per heavy atom. The minimum absolute atomic E-state index is 0.0263. The molecule has 0 radical (unpaired) electrons. The third kappa shape index (κ3) is 10.3. The monoisotopic (exact) mass is 482 g/mol. The van der Waals surface area contributed by atoms with E-state index in [2.05, 4.69) is 10.6 Å². The molecule has 1 fully saturated rings. The van der Waals surface area contributed by atoms with Gasteiger partial charge in [0.15, 0.2) is 0 Å². The molecule has 0 bridgehead atoms. The molecule has 0 unspecified atom stereocenters. The number of methoxy groups -OCH3 is 1. The van der Waals surface area contributed by atoms with E-state index < -0.39 is 5.97 Å². The van der Waals surface area contributed by atoms with Crippen LogP contribution in [0.25, 0.3) is 0 Å². The van der Waals surface area contributed by atoms with Crippen LogP contribution in [-0.4, -0.2) is 42.4 Å². The van der Waals surface area contributed by atoms with Gasteiger partial charge in [0.1, 0.15) is 0 Å². The summed E-state index contributed by atoms with van der Waals surface area (Å²) in [6.07, 6.45) is 13.4. The maximum Gasteiger partial charge on any atom is 0.340 e. The molecule has 0 aliphatic heterocycles. The highest BCUT2D eigenvalue weighted by Gasteiger charge is 2.16. The number of rotatable bonds is 7. The molecule has 0 aromatic heterocycles. The predicted molar refractivity (Wildman–Crippen MR) is 131 cm³/mol. The maximum atomic E-state index is 12.4. The van der Waals surface area contributed by atoms with Crippen molar-refractivity contribution in [2.75, 3.05) is 23.9 Å². The zero-order valence-electron chi connectivity index (χ0n) is 18.9. The number of carbonyl (C=O) groups excluding carboxylic acids is 3. The van der Waals surface area contributed by atoms with Crippen molar-refractivity contribution in [2.24, 2.45) is 0 Å². The van der Waals surface area contributed by atoms with E-state index in [0.29, 0.717) is 10.7 Å². The van der Waals surface area contributed by atoms with Crippen molar-refractivity contribution < 1.29 is 19.1 Å². The molecule has 1 aliphatic carbocycles. The van der Waals surface area contributed by atoms with Gasteiger partial charge >= 0.3 is 5.97 Å². The first kappa shape index (κ1) is 26.5. The van der Waals surface area contributed by atoms with Gasteiger partial charge in [-0.05, 0) is 31.0 Å². The van der Waals surface area contributed by atoms with Crippen LogP contribution >= 0.6 is 23.4 Å². The normalized spacial score (nSPS) is 16.3. The van der Waals surface area contributed by atoms with Gasteiger partial charge in [-0.3, -0.25) is 9.59 Å². The van der Waals surface area contributed by atoms with Gasteiger partial charge in [0, 0.05) is 11.1 Å². The van der Waals surface area contributed by atoms with Crippen molar-refractivity contribution in [2.45, 2.75) is 76.7 Å². The molecule has 1 aliphatic rings. The van der Waals surface area contributed by atoms with Gasteiger partial charge in [-0.25, -0.2) is 4.79 Å². The van der Waals surface area contributed by atoms with Crippen molar-refractivity contribution >= 4 is 46.8 Å². The summed E-state index contributed by atoms with van der Waals surface area (Å²) in [4.78, 5) is 36.6. The zero-order chi connectivity index (χ0) is 23.2. The largest absolute Gasteiger partial charge is 0.465 e. The minimum atomic E-state index is -0.577. The smallest absolute Gasteiger partial charge is 0.340 e. The second-order valence-corrected chi connectivity index (χ2v) is 9.67. The van der Waals surface area contributed by atoms with E-state index in [1.807, 2.05) is 0 Å². The molecule has 1 aromatic carbocycles. The Balaban J connectivity index is 1.75. The molecule has 2 amide bonds. The number of carbonyl (C=O) groups is 3. The first-order valence-electron chi connectivity index (χ1n) is 11.5. The van der Waals surface area contributed by atoms with Crippen LogP contribution in [0.4, 0.5) is 5.69 Å². The van der Waals surface area contributed by atoms with E-state index in [-0.39, 0.29) is 34.9 Å². The van der Waals surface area contributed by atoms with E-state index in [1.165, 1.54) is 69.9 Å². The number of amides is 2. The van der Waals surface area contributed by atoms with E-state index in [4.69, 9.17) is 16.3 Å². The summed E-state index contributed by atoms with van der Waals surface area (Å²) < 4.78 is 4.74. The first-order chi connectivity index (χ1) is 15.5. The van der Waals surface area contributed by atoms with Crippen molar-refractivity contribution in [3.8, 4) is 0 Å². The van der Waals surface area contributed by atoms with Gasteiger partial charge in [0.2, 0.25) is 11.8 Å². The average Bonchev–Trinajstić information content (AvgIpc) is 2.76. The van der Waals surface area contributed by atoms with Crippen LogP contribution in [0.3, 0.4) is 0 Å². The SMILES string of the molecule is COC(=O)c1cc(Cl)ccc1NC(=O)CSCC(=O)NC1CCCCCCCCCCC1. The zero-order valence-corrected chi connectivity index (χ0v) is 20.5. The number of benzene rings is 1. The summed E-state index contributed by atoms with van der Waals surface area (Å²) in [5.74, 6) is -0.551. The first-order valence-corrected chi connectivity index (χ1v) is 13.1. The standard InChI is InChI=1S/C24H35ClN2O4S/c1-31-24(30)20-15-18(25)13-14-21(20)27-23(29)17-32-16-22(28)26-19-11-9-7-5-3-2-4-6-8-10-12-19/h13-15,19H,2-12,16-17H2,1H3,(H,26,28)(H,27,29). The molecule has 1 saturated carbocycles. The number of hydrogen-bond acceptors (Lipinski definition) is 5. The molecule has 2 N–H and O–H groups in total. The topological polar surface area (TPSA) is 84.5 Å². The van der Waals surface area contributed by atoms with E-state index in [0.717, 1.165) is 25.7 Å². The molecule has 178 valence electrons. The van der Waals surface area contributed by atoms with Gasteiger partial charge in [0.25, 0.3) is 0 Å². The van der Waals surface area contributed by atoms with Gasteiger partial charge < -0.3 is 15.4 Å². The third-order valence-corrected chi connectivity index (χ3v) is 6.77. The summed E-state index contributed by atoms with van der Waals surface area (Å²) >= 11 is 7.19. The fourth-order valence-electron chi connectivity index (χ4n) is 3.90. The summed E-state index contributed by atoms with van der Waals surface area (Å²) in [7, 11) is 1.27. The highest BCUT2D eigenvalue weighted by Crippen LogP contribution is 2.22. The van der Waals surface area contributed by atoms with Gasteiger partial charge in [-0.1, -0.05) is 69.4 Å². The number of halogens is 1. The Morgan fingerprint density at radius 3 is 2.09 bits per heavy atom. The van der Waals surface area contributed by atoms with E-state index in [1.54, 1.807) is 12.1 Å². The number of anilines is 1. The fraction of sp³-hybridized carbons (Fsp3) is 0.625. The molecule has 32 heavy (non-hydrogen) atoms. The maximum absolute atomic E-state index is 12.4. The third-order valence-electron chi connectivity index (χ3n) is 5.60. The van der Waals surface area contributed by atoms with E-state index >= 15 is 0 Å². The Morgan fingerprint density at radius 2 is 1.50 bits per heavy atom. The van der Waals surface area contributed by atoms with Crippen LogP contribution < -0.4 is 10.6 Å². The Bertz CT molecular complexity index is 748. The van der Waals surface area contributed by atoms with Crippen molar-refractivity contribution in [3.63, 3.8) is 0 Å². The predicted octanol–water partition coefficient (Wildman–Crippen LogP) is 5.59. The van der Waals surface area contributed by atoms with Crippen LogP contribution in [0.15, 0.2) is 18.2 Å². The Kier molecular flexibility index (Phi) is 12.6. The van der Waals surface area contributed by atoms with Crippen LogP contribution in [0.5, 0.6) is 0 Å². The number of esters is 1. The lowest BCUT2D eigenvalue weighted by molar-refractivity contribution is -0.119. The number of ether oxygens (including phenoxy) is 1. The average molecular weight is 483 g/mol. The van der Waals surface area contributed by atoms with Crippen LogP contribution in [-0.2, 0) is 14.3 Å². The van der Waals surface area contributed by atoms with Gasteiger partial charge in [-0.2, -0.15) is 0 Å². The molecule has 0 spiro atoms. The molecular weight excluding hydrogens is 448 g/mol. The Hall–Kier alpha value is -1.73. The number of nitrogens with one attached hydrogen (secondary N) is 2. The fourth-order valence-corrected chi connectivity index (χ4v) is 4.70. The summed E-state index contributed by atoms with van der Waals surface area (Å²) in [5, 5.41) is 6.24. The highest BCUT2D eigenvalue weighted by molar-refractivity contribution is 8.00. The summed E-state index contributed by atoms with van der Waals surface area (Å²) in [6.45, 7) is 0. The lowest BCUT2D eigenvalue weighted by Crippen LogP contribution is -2.36. The summed E-state index contributed by atoms with van der Waals surface area (Å²) in [6, 6.07) is 4.83. The van der Waals surface area contributed by atoms with Gasteiger partial charge in [-0.15, -0.1) is 11.8 Å². The van der Waals surface area contributed by atoms with Crippen LogP contribution in [0.1, 0.15) is 81.0 Å². The second kappa shape index (κ2) is 15.2. The Labute approximate surface area is 200 Å². The molecule has 8 heteroatoms. The molecular formula is C24H35ClN2O4S. The quantitative estimate of drug-likeness (QED) is 0.495. The molecule has 0 saturated heterocycles. The lowest BCUT2D eigenvalue weighted by Gasteiger charge is -2.19. The lowest BCUT2D eigenvalue weighted by atomic mass is 9.98. The number of hydrogen-bond donors (Lipinski definition) is 2. The number of thioether (sulfide) groups is 1. The second-order valence-electron chi connectivity index (χ2n) is 8.25. The molecule has 2 rings (SSSR count). The highest BCUT2D eigenvalue weighted by atomic mass is 35.5. The summed E-state index contributed by atoms with van der Waals surface area (Å²) in [5.41, 5.74) is 0.531. The molecule has 1 aromatic rings. The molecule has 0 atom stereocenters. The van der Waals surface area contributed by atoms with Crippen LogP contribution in [0.2, 0.25) is 5.02 Å². The minimum Gasteiger partial charge on any atom is -0.465 e. The van der Waals surface area contributed by atoms with E-state index in [9.17, 15) is 14.4 Å². The van der Waals surface area contributed by atoms with Crippen LogP contribution in [0, 0.1) is 0 Å². The van der Waals surface area contributed by atoms with Crippen molar-refractivity contribution in [1.82, 2.24) is 5.32 Å². The van der Waals surface area contributed by atoms with Gasteiger partial charge in [0.05, 0.1) is 29.9 Å². The molecule has 0 heterocycles. The van der Waals surface area contributed by atoms with Crippen molar-refractivity contribution in [3.05, 3.63) is 28.8 Å². The van der Waals surface area contributed by atoms with Crippen molar-refractivity contribution in [1.29, 1.82) is 0 Å².